The number of aliphatic hydroxyl groups is 1. The number of aryl methyl sites for hydroxylation is 3. The highest BCUT2D eigenvalue weighted by Gasteiger charge is 2.27. The largest absolute Gasteiger partial charge is 0.489 e. The van der Waals surface area contributed by atoms with Gasteiger partial charge in [0, 0.05) is 18.9 Å². The van der Waals surface area contributed by atoms with Crippen molar-refractivity contribution in [3.8, 4) is 17.1 Å². The van der Waals surface area contributed by atoms with Gasteiger partial charge in [0.25, 0.3) is 0 Å². The first-order valence-electron chi connectivity index (χ1n) is 12.2. The Bertz CT molecular complexity index is 1100. The van der Waals surface area contributed by atoms with E-state index in [1.807, 2.05) is 39.1 Å². The van der Waals surface area contributed by atoms with Crippen molar-refractivity contribution in [3.05, 3.63) is 41.5 Å². The van der Waals surface area contributed by atoms with Gasteiger partial charge in [-0.1, -0.05) is 18.6 Å². The van der Waals surface area contributed by atoms with Gasteiger partial charge in [-0.3, -0.25) is 0 Å². The number of pyridine rings is 1. The third-order valence-corrected chi connectivity index (χ3v) is 6.50. The Balaban J connectivity index is 1.47. The van der Waals surface area contributed by atoms with Crippen LogP contribution < -0.4 is 10.1 Å². The molecule has 3 heterocycles. The van der Waals surface area contributed by atoms with Crippen LogP contribution in [0.5, 0.6) is 5.75 Å². The van der Waals surface area contributed by atoms with Gasteiger partial charge in [0.15, 0.2) is 0 Å². The number of aliphatic hydroxyl groups excluding tert-OH is 1. The molecule has 0 bridgehead atoms. The molecule has 0 radical (unpaired) electrons. The van der Waals surface area contributed by atoms with Crippen molar-refractivity contribution in [1.82, 2.24) is 29.9 Å². The fourth-order valence-electron chi connectivity index (χ4n) is 4.52. The number of nitrogens with zero attached hydrogens (tertiary/aromatic N) is 6. The molecule has 1 saturated carbocycles. The molecule has 4 rings (SSSR count). The van der Waals surface area contributed by atoms with Crippen molar-refractivity contribution < 1.29 is 9.84 Å². The van der Waals surface area contributed by atoms with E-state index in [2.05, 4.69) is 32.5 Å². The first-order chi connectivity index (χ1) is 16.4. The molecule has 0 aromatic carbocycles. The fraction of sp³-hybridized carbons (Fsp3) is 0.560. The number of nitrogens with one attached hydrogen (secondary N) is 1. The van der Waals surface area contributed by atoms with Crippen LogP contribution in [0.3, 0.4) is 0 Å². The van der Waals surface area contributed by atoms with Gasteiger partial charge < -0.3 is 15.2 Å². The van der Waals surface area contributed by atoms with Gasteiger partial charge in [0.2, 0.25) is 5.95 Å². The van der Waals surface area contributed by atoms with Crippen LogP contribution in [0.15, 0.2) is 24.4 Å². The quantitative estimate of drug-likeness (QED) is 0.490. The Morgan fingerprint density at radius 2 is 2.09 bits per heavy atom. The normalized spacial score (nSPS) is 19.1. The van der Waals surface area contributed by atoms with E-state index in [4.69, 9.17) is 9.72 Å². The minimum Gasteiger partial charge on any atom is -0.489 e. The van der Waals surface area contributed by atoms with E-state index >= 15 is 0 Å². The fourth-order valence-corrected chi connectivity index (χ4v) is 4.52. The van der Waals surface area contributed by atoms with E-state index in [0.717, 1.165) is 72.7 Å². The van der Waals surface area contributed by atoms with Crippen LogP contribution in [0.2, 0.25) is 0 Å². The number of aromatic nitrogens is 6. The van der Waals surface area contributed by atoms with Crippen LogP contribution in [-0.4, -0.2) is 47.3 Å². The lowest BCUT2D eigenvalue weighted by molar-refractivity contribution is 0.0491. The summed E-state index contributed by atoms with van der Waals surface area (Å²) in [5.41, 5.74) is 4.21. The van der Waals surface area contributed by atoms with Crippen LogP contribution in [-0.2, 0) is 20.0 Å². The van der Waals surface area contributed by atoms with Crippen LogP contribution in [0.4, 0.5) is 5.95 Å². The molecule has 0 aliphatic heterocycles. The van der Waals surface area contributed by atoms with E-state index < -0.39 is 0 Å². The molecular weight excluding hydrogens is 430 g/mol. The minimum atomic E-state index is -0.295. The molecule has 1 unspecified atom stereocenters. The summed E-state index contributed by atoms with van der Waals surface area (Å²) in [6.45, 7) is 6.44. The summed E-state index contributed by atoms with van der Waals surface area (Å²) < 4.78 is 8.03. The molecule has 9 heteroatoms. The Kier molecular flexibility index (Phi) is 7.72. The van der Waals surface area contributed by atoms with Crippen molar-refractivity contribution >= 4 is 5.95 Å². The van der Waals surface area contributed by atoms with Crippen LogP contribution in [0.1, 0.15) is 63.0 Å². The van der Waals surface area contributed by atoms with E-state index in [0.29, 0.717) is 18.4 Å². The van der Waals surface area contributed by atoms with E-state index in [1.165, 1.54) is 0 Å². The smallest absolute Gasteiger partial charge is 0.223 e. The van der Waals surface area contributed by atoms with Gasteiger partial charge in [-0.15, -0.1) is 5.10 Å². The van der Waals surface area contributed by atoms with Gasteiger partial charge in [-0.05, 0) is 70.1 Å². The van der Waals surface area contributed by atoms with Crippen molar-refractivity contribution in [2.75, 3.05) is 5.32 Å². The monoisotopic (exact) mass is 465 g/mol. The second-order valence-corrected chi connectivity index (χ2v) is 9.17. The SMILES string of the molecule is CCCc1ccnc(NCc2c(-c3ccc(O[C@H]4CCC[C@H](C(C)O)C4)c(C)n3)nnn2C)n1. The second kappa shape index (κ2) is 10.9. The molecule has 34 heavy (non-hydrogen) atoms. The maximum Gasteiger partial charge on any atom is 0.223 e. The summed E-state index contributed by atoms with van der Waals surface area (Å²) in [4.78, 5) is 13.7. The van der Waals surface area contributed by atoms with Crippen LogP contribution >= 0.6 is 0 Å². The summed E-state index contributed by atoms with van der Waals surface area (Å²) in [6.07, 6.45) is 7.58. The Labute approximate surface area is 201 Å². The highest BCUT2D eigenvalue weighted by Crippen LogP contribution is 2.31. The molecule has 0 amide bonds. The molecule has 182 valence electrons. The van der Waals surface area contributed by atoms with Crippen molar-refractivity contribution in [1.29, 1.82) is 0 Å². The standard InChI is InChI=1S/C25H35N7O2/c1-5-7-19-12-13-26-25(29-19)27-15-22-24(30-31-32(22)4)21-10-11-23(16(2)28-21)34-20-9-6-8-18(14-20)17(3)33/h10-13,17-18,20,33H,5-9,14-15H2,1-4H3,(H,26,27,29)/t17?,18-,20-/m0/s1. The second-order valence-electron chi connectivity index (χ2n) is 9.17. The third-order valence-electron chi connectivity index (χ3n) is 6.50. The molecule has 1 aliphatic rings. The van der Waals surface area contributed by atoms with Gasteiger partial charge >= 0.3 is 0 Å². The lowest BCUT2D eigenvalue weighted by atomic mass is 9.84. The highest BCUT2D eigenvalue weighted by molar-refractivity contribution is 5.58. The predicted octanol–water partition coefficient (Wildman–Crippen LogP) is 3.86. The Morgan fingerprint density at radius 1 is 1.24 bits per heavy atom. The molecule has 0 spiro atoms. The zero-order valence-electron chi connectivity index (χ0n) is 20.5. The summed E-state index contributed by atoms with van der Waals surface area (Å²) in [7, 11) is 1.87. The number of rotatable bonds is 9. The molecule has 9 nitrogen and oxygen atoms in total. The third kappa shape index (κ3) is 5.70. The maximum absolute atomic E-state index is 9.96. The molecule has 1 aliphatic carbocycles. The number of hydrogen-bond donors (Lipinski definition) is 2. The Hall–Kier alpha value is -3.07. The number of hydrogen-bond acceptors (Lipinski definition) is 8. The molecule has 1 fully saturated rings. The average molecular weight is 466 g/mol. The number of anilines is 1. The predicted molar refractivity (Wildman–Crippen MR) is 130 cm³/mol. The Morgan fingerprint density at radius 3 is 2.85 bits per heavy atom. The van der Waals surface area contributed by atoms with E-state index in [-0.39, 0.29) is 12.2 Å². The summed E-state index contributed by atoms with van der Waals surface area (Å²) in [5, 5.41) is 21.8. The molecule has 0 saturated heterocycles. The summed E-state index contributed by atoms with van der Waals surface area (Å²) in [5.74, 6) is 1.67. The maximum atomic E-state index is 9.96. The minimum absolute atomic E-state index is 0.111. The number of ether oxygens (including phenoxy) is 1. The zero-order valence-corrected chi connectivity index (χ0v) is 20.5. The van der Waals surface area contributed by atoms with E-state index in [9.17, 15) is 5.11 Å². The topological polar surface area (TPSA) is 111 Å². The lowest BCUT2D eigenvalue weighted by Gasteiger charge is -2.31. The molecular formula is C25H35N7O2. The van der Waals surface area contributed by atoms with Crippen LogP contribution in [0, 0.1) is 12.8 Å². The summed E-state index contributed by atoms with van der Waals surface area (Å²) in [6, 6.07) is 5.84. The highest BCUT2D eigenvalue weighted by atomic mass is 16.5. The molecule has 3 aromatic rings. The van der Waals surface area contributed by atoms with Crippen molar-refractivity contribution in [3.63, 3.8) is 0 Å². The molecule has 3 atom stereocenters. The summed E-state index contributed by atoms with van der Waals surface area (Å²) >= 11 is 0. The van der Waals surface area contributed by atoms with Crippen molar-refractivity contribution in [2.45, 2.75) is 78.0 Å². The molecule has 2 N–H and O–H groups in total. The first kappa shape index (κ1) is 24.1. The van der Waals surface area contributed by atoms with Crippen molar-refractivity contribution in [2.24, 2.45) is 13.0 Å². The lowest BCUT2D eigenvalue weighted by Crippen LogP contribution is -2.30. The van der Waals surface area contributed by atoms with Gasteiger partial charge in [-0.2, -0.15) is 0 Å². The first-order valence-corrected chi connectivity index (χ1v) is 12.2. The van der Waals surface area contributed by atoms with E-state index in [1.54, 1.807) is 10.9 Å². The van der Waals surface area contributed by atoms with Gasteiger partial charge in [0.1, 0.15) is 11.4 Å². The molecule has 3 aromatic heterocycles. The van der Waals surface area contributed by atoms with Crippen LogP contribution in [0.25, 0.3) is 11.4 Å². The zero-order chi connectivity index (χ0) is 24.1. The average Bonchev–Trinajstić information content (AvgIpc) is 3.20. The van der Waals surface area contributed by atoms with Gasteiger partial charge in [-0.25, -0.2) is 19.6 Å². The van der Waals surface area contributed by atoms with Gasteiger partial charge in [0.05, 0.1) is 35.8 Å².